The maximum Gasteiger partial charge on any atom is 0.329 e. The second-order valence-corrected chi connectivity index (χ2v) is 18.9. The molecule has 0 aliphatic heterocycles. The summed E-state index contributed by atoms with van der Waals surface area (Å²) in [4.78, 5) is 98.8. The minimum atomic E-state index is -1.30. The van der Waals surface area contributed by atoms with Crippen LogP contribution in [0, 0.1) is 0 Å². The fourth-order valence-electron chi connectivity index (χ4n) is 6.29. The molecule has 0 aliphatic carbocycles. The van der Waals surface area contributed by atoms with Crippen LogP contribution in [-0.4, -0.2) is 92.7 Å². The molecule has 3 amide bonds. The normalized spacial score (nSPS) is 12.8. The van der Waals surface area contributed by atoms with Crippen LogP contribution < -0.4 is 16.0 Å². The van der Waals surface area contributed by atoms with Crippen molar-refractivity contribution in [2.45, 2.75) is 239 Å². The van der Waals surface area contributed by atoms with Crippen LogP contribution in [0.25, 0.3) is 0 Å². The van der Waals surface area contributed by atoms with Crippen LogP contribution in [0.3, 0.4) is 0 Å². The summed E-state index contributed by atoms with van der Waals surface area (Å²) in [6.07, 6.45) is 13.5. The molecule has 0 aliphatic rings. The second kappa shape index (κ2) is 29.9. The Morgan fingerprint density at radius 3 is 1.03 bits per heavy atom. The number of amides is 3. The molecule has 0 unspecified atom stereocenters. The number of nitrogens with one attached hydrogen (secondary N) is 3. The van der Waals surface area contributed by atoms with Gasteiger partial charge in [0.2, 0.25) is 17.7 Å². The summed E-state index contributed by atoms with van der Waals surface area (Å²) >= 11 is 0. The summed E-state index contributed by atoms with van der Waals surface area (Å²) in [6.45, 7) is 15.6. The Morgan fingerprint density at radius 2 is 0.705 bits per heavy atom. The third kappa shape index (κ3) is 35.1. The molecule has 61 heavy (non-hydrogen) atoms. The smallest absolute Gasteiger partial charge is 0.329 e. The van der Waals surface area contributed by atoms with Crippen LogP contribution in [0.1, 0.15) is 204 Å². The molecule has 0 heterocycles. The van der Waals surface area contributed by atoms with Gasteiger partial charge in [-0.1, -0.05) is 77.0 Å². The van der Waals surface area contributed by atoms with Gasteiger partial charge >= 0.3 is 29.8 Å². The van der Waals surface area contributed by atoms with Crippen molar-refractivity contribution in [1.29, 1.82) is 0 Å². The molecule has 0 radical (unpaired) electrons. The Morgan fingerprint density at radius 1 is 0.410 bits per heavy atom. The van der Waals surface area contributed by atoms with E-state index in [2.05, 4.69) is 16.0 Å². The minimum absolute atomic E-state index is 0.119. The van der Waals surface area contributed by atoms with Gasteiger partial charge in [0.15, 0.2) is 0 Å². The van der Waals surface area contributed by atoms with Gasteiger partial charge in [0, 0.05) is 31.7 Å². The van der Waals surface area contributed by atoms with Gasteiger partial charge in [-0.2, -0.15) is 0 Å². The molecule has 0 aromatic heterocycles. The largest absolute Gasteiger partial charge is 0.481 e. The Bertz CT molecular complexity index is 1360. The van der Waals surface area contributed by atoms with E-state index in [0.717, 1.165) is 44.9 Å². The van der Waals surface area contributed by atoms with Crippen molar-refractivity contribution in [2.75, 3.05) is 0 Å². The maximum absolute atomic E-state index is 13.1. The lowest BCUT2D eigenvalue weighted by Gasteiger charge is -2.26. The van der Waals surface area contributed by atoms with Crippen molar-refractivity contribution < 1.29 is 62.8 Å². The zero-order chi connectivity index (χ0) is 46.6. The van der Waals surface area contributed by atoms with Gasteiger partial charge in [-0.05, 0) is 88.0 Å². The number of ether oxygens (including phenoxy) is 3. The summed E-state index contributed by atoms with van der Waals surface area (Å²) in [5, 5.41) is 25.7. The average molecular weight is 870 g/mol. The predicted octanol–water partition coefficient (Wildman–Crippen LogP) is 7.22. The monoisotopic (exact) mass is 870 g/mol. The van der Waals surface area contributed by atoms with Gasteiger partial charge in [0.05, 0.1) is 12.8 Å². The number of esters is 3. The Kier molecular flexibility index (Phi) is 27.8. The van der Waals surface area contributed by atoms with Crippen molar-refractivity contribution in [2.24, 2.45) is 0 Å². The zero-order valence-corrected chi connectivity index (χ0v) is 38.7. The lowest BCUT2D eigenvalue weighted by Crippen LogP contribution is -2.47. The Hall–Kier alpha value is -4.24. The van der Waals surface area contributed by atoms with E-state index in [1.165, 1.54) is 38.5 Å². The van der Waals surface area contributed by atoms with E-state index < -0.39 is 83.5 Å². The average Bonchev–Trinajstić information content (AvgIpc) is 3.08. The summed E-state index contributed by atoms with van der Waals surface area (Å²) < 4.78 is 16.3. The zero-order valence-electron chi connectivity index (χ0n) is 38.7. The Labute approximate surface area is 364 Å². The van der Waals surface area contributed by atoms with Gasteiger partial charge in [-0.15, -0.1) is 0 Å². The minimum Gasteiger partial charge on any atom is -0.481 e. The molecule has 352 valence electrons. The lowest BCUT2D eigenvalue weighted by atomic mass is 10.0. The van der Waals surface area contributed by atoms with Gasteiger partial charge in [-0.3, -0.25) is 28.8 Å². The van der Waals surface area contributed by atoms with Crippen molar-refractivity contribution in [3.05, 3.63) is 0 Å². The van der Waals surface area contributed by atoms with Crippen molar-refractivity contribution in [3.63, 3.8) is 0 Å². The van der Waals surface area contributed by atoms with E-state index in [9.17, 15) is 38.4 Å². The summed E-state index contributed by atoms with van der Waals surface area (Å²) in [5.74, 6) is -5.98. The van der Waals surface area contributed by atoms with Crippen molar-refractivity contribution in [1.82, 2.24) is 16.0 Å². The van der Waals surface area contributed by atoms with E-state index >= 15 is 0 Å². The summed E-state index contributed by atoms with van der Waals surface area (Å²) in [7, 11) is 0. The highest BCUT2D eigenvalue weighted by molar-refractivity contribution is 5.87. The molecular weight excluding hydrogens is 791 g/mol. The highest BCUT2D eigenvalue weighted by Crippen LogP contribution is 2.17. The van der Waals surface area contributed by atoms with Crippen molar-refractivity contribution >= 4 is 47.6 Å². The predicted molar refractivity (Wildman–Crippen MR) is 230 cm³/mol. The molecule has 0 saturated carbocycles. The lowest BCUT2D eigenvalue weighted by molar-refractivity contribution is -0.160. The molecule has 0 bridgehead atoms. The number of carboxylic acid groups (broad SMARTS) is 2. The molecule has 16 nitrogen and oxygen atoms in total. The number of unbranched alkanes of at least 4 members (excludes halogenated alkanes) is 13. The molecule has 0 aromatic rings. The molecule has 0 saturated heterocycles. The number of carbonyl (C=O) groups is 8. The topological polar surface area (TPSA) is 241 Å². The van der Waals surface area contributed by atoms with Gasteiger partial charge in [0.25, 0.3) is 0 Å². The van der Waals surface area contributed by atoms with Gasteiger partial charge in [-0.25, -0.2) is 9.59 Å². The third-order valence-electron chi connectivity index (χ3n) is 9.04. The number of aliphatic carboxylic acids is 2. The van der Waals surface area contributed by atoms with Crippen LogP contribution in [0.2, 0.25) is 0 Å². The number of hydrogen-bond donors (Lipinski definition) is 5. The number of carboxylic acids is 2. The molecule has 2 atom stereocenters. The fourth-order valence-corrected chi connectivity index (χ4v) is 6.29. The van der Waals surface area contributed by atoms with Crippen LogP contribution in [0.15, 0.2) is 0 Å². The maximum atomic E-state index is 13.1. The molecule has 0 spiro atoms. The standard InChI is InChI=1S/C45H79N3O13/c1-43(2,3)59-40(56)25-23-21-19-17-15-13-11-10-12-14-16-18-20-22-24-35(49)47-33(41(57)60-44(4,5)6)27-29-37(51)48-34(42(58)61-45(7,8)9)26-28-36(50)46-32(30-38(52)53)31-39(54)55/h32-34H,10-31H2,1-9H3,(H,46,50)(H,47,49)(H,48,51)(H,52,53)(H,54,55)/t33-,34-/m0/s1. The SMILES string of the molecule is CC(C)(C)OC(=O)CCCCCCCCCCCCCCCCC(=O)N[C@@H](CCC(=O)N[C@@H](CCC(=O)NC(CC(=O)O)CC(=O)O)C(=O)OC(C)(C)C)C(=O)OC(C)(C)C. The quantitative estimate of drug-likeness (QED) is 0.0255. The number of carbonyl (C=O) groups excluding carboxylic acids is 6. The van der Waals surface area contributed by atoms with E-state index in [1.54, 1.807) is 41.5 Å². The Balaban J connectivity index is 4.82. The van der Waals surface area contributed by atoms with Crippen molar-refractivity contribution in [3.8, 4) is 0 Å². The first-order valence-electron chi connectivity index (χ1n) is 22.3. The molecule has 16 heteroatoms. The summed E-state index contributed by atoms with van der Waals surface area (Å²) in [6, 6.07) is -3.61. The molecule has 0 fully saturated rings. The first-order chi connectivity index (χ1) is 28.3. The van der Waals surface area contributed by atoms with E-state index in [-0.39, 0.29) is 44.0 Å². The van der Waals surface area contributed by atoms with E-state index in [4.69, 9.17) is 24.4 Å². The van der Waals surface area contributed by atoms with E-state index in [0.29, 0.717) is 12.8 Å². The highest BCUT2D eigenvalue weighted by atomic mass is 16.6. The van der Waals surface area contributed by atoms with Gasteiger partial charge in [0.1, 0.15) is 28.9 Å². The molecule has 5 N–H and O–H groups in total. The second-order valence-electron chi connectivity index (χ2n) is 18.9. The highest BCUT2D eigenvalue weighted by Gasteiger charge is 2.31. The van der Waals surface area contributed by atoms with Crippen LogP contribution in [0.4, 0.5) is 0 Å². The molecule has 0 rings (SSSR count). The fraction of sp³-hybridized carbons (Fsp3) is 0.822. The third-order valence-corrected chi connectivity index (χ3v) is 9.04. The van der Waals surface area contributed by atoms with Gasteiger partial charge < -0.3 is 40.4 Å². The van der Waals surface area contributed by atoms with Crippen LogP contribution in [0.5, 0.6) is 0 Å². The first-order valence-corrected chi connectivity index (χ1v) is 22.3. The summed E-state index contributed by atoms with van der Waals surface area (Å²) in [5.41, 5.74) is -2.21. The molecular formula is C45H79N3O13. The van der Waals surface area contributed by atoms with E-state index in [1.807, 2.05) is 20.8 Å². The van der Waals surface area contributed by atoms with Crippen LogP contribution in [-0.2, 0) is 52.6 Å². The van der Waals surface area contributed by atoms with Crippen LogP contribution >= 0.6 is 0 Å². The number of rotatable bonds is 32. The first kappa shape index (κ1) is 56.8. The number of hydrogen-bond acceptors (Lipinski definition) is 11. The molecule has 0 aromatic carbocycles.